The van der Waals surface area contributed by atoms with Crippen molar-refractivity contribution in [1.82, 2.24) is 0 Å². The fourth-order valence-corrected chi connectivity index (χ4v) is 2.36. The van der Waals surface area contributed by atoms with Crippen molar-refractivity contribution < 1.29 is 39.7 Å². The molecule has 2 rings (SSSR count). The molecule has 0 spiro atoms. The van der Waals surface area contributed by atoms with E-state index in [0.717, 1.165) is 5.56 Å². The van der Waals surface area contributed by atoms with Crippen molar-refractivity contribution in [2.75, 3.05) is 20.3 Å². The van der Waals surface area contributed by atoms with Crippen molar-refractivity contribution in [3.8, 4) is 11.5 Å². The predicted molar refractivity (Wildman–Crippen MR) is 83.5 cm³/mol. The Morgan fingerprint density at radius 2 is 1.83 bits per heavy atom. The van der Waals surface area contributed by atoms with Gasteiger partial charge in [-0.1, -0.05) is 18.2 Å². The smallest absolute Gasteiger partial charge is 0.229 e. The van der Waals surface area contributed by atoms with Crippen LogP contribution in [0.25, 0.3) is 6.08 Å². The molecule has 0 amide bonds. The standard InChI is InChI=1S/C16H22O8/c1-22-11-7-9(3-2-6-17)4-5-10(11)23-16-15(21)14(20)13(19)12(8-18)24-16/h2-5,7,12-21H,6,8H2,1H3/b3-2+/t12-,13-,14+,15-,16-/m1/s1/i10+1. The van der Waals surface area contributed by atoms with Gasteiger partial charge in [-0.05, 0) is 17.7 Å². The highest BCUT2D eigenvalue weighted by atomic mass is 16.7. The zero-order valence-corrected chi connectivity index (χ0v) is 13.1. The lowest BCUT2D eigenvalue weighted by atomic mass is 9.99. The molecule has 1 aromatic carbocycles. The Balaban J connectivity index is 2.18. The molecule has 5 N–H and O–H groups in total. The predicted octanol–water partition coefficient (Wildman–Crippen LogP) is -1.12. The minimum Gasteiger partial charge on any atom is -0.493 e. The van der Waals surface area contributed by atoms with E-state index < -0.39 is 37.3 Å². The molecule has 134 valence electrons. The Labute approximate surface area is 139 Å². The van der Waals surface area contributed by atoms with Crippen LogP contribution in [0.1, 0.15) is 5.56 Å². The number of aliphatic hydroxyl groups excluding tert-OH is 5. The fourth-order valence-electron chi connectivity index (χ4n) is 2.36. The number of rotatable bonds is 6. The second-order valence-corrected chi connectivity index (χ2v) is 5.31. The van der Waals surface area contributed by atoms with Gasteiger partial charge in [0.25, 0.3) is 0 Å². The average Bonchev–Trinajstić information content (AvgIpc) is 2.61. The maximum absolute atomic E-state index is 10.00. The van der Waals surface area contributed by atoms with Crippen LogP contribution >= 0.6 is 0 Å². The Kier molecular flexibility index (Phi) is 6.55. The van der Waals surface area contributed by atoms with Crippen molar-refractivity contribution in [2.24, 2.45) is 0 Å². The molecule has 24 heavy (non-hydrogen) atoms. The van der Waals surface area contributed by atoms with Crippen LogP contribution < -0.4 is 9.47 Å². The van der Waals surface area contributed by atoms with Crippen LogP contribution in [0.15, 0.2) is 24.3 Å². The number of methoxy groups -OCH3 is 1. The van der Waals surface area contributed by atoms with E-state index in [4.69, 9.17) is 19.3 Å². The molecule has 0 aromatic heterocycles. The van der Waals surface area contributed by atoms with E-state index >= 15 is 0 Å². The third-order valence-electron chi connectivity index (χ3n) is 3.69. The maximum Gasteiger partial charge on any atom is 0.229 e. The SMILES string of the molecule is COc1cc(/C=C/CO)cc[13c]1O[C@@H]1O[C@H](CO)[C@@H](O)[C@H](O)[C@H]1O. The van der Waals surface area contributed by atoms with E-state index in [1.54, 1.807) is 30.4 Å². The summed E-state index contributed by atoms with van der Waals surface area (Å²) in [5.74, 6) is 0.607. The Bertz CT molecular complexity index is 559. The summed E-state index contributed by atoms with van der Waals surface area (Å²) in [7, 11) is 1.44. The third-order valence-corrected chi connectivity index (χ3v) is 3.69. The quantitative estimate of drug-likeness (QED) is 0.439. The third kappa shape index (κ3) is 4.04. The molecule has 5 atom stereocenters. The number of hydrogen-bond acceptors (Lipinski definition) is 8. The topological polar surface area (TPSA) is 129 Å². The van der Waals surface area contributed by atoms with Gasteiger partial charge in [0.15, 0.2) is 11.5 Å². The van der Waals surface area contributed by atoms with E-state index in [2.05, 4.69) is 0 Å². The molecule has 0 bridgehead atoms. The van der Waals surface area contributed by atoms with E-state index in [9.17, 15) is 20.4 Å². The molecule has 0 radical (unpaired) electrons. The summed E-state index contributed by atoms with van der Waals surface area (Å²) >= 11 is 0. The van der Waals surface area contributed by atoms with E-state index in [1.165, 1.54) is 7.11 Å². The van der Waals surface area contributed by atoms with E-state index in [-0.39, 0.29) is 12.4 Å². The Morgan fingerprint density at radius 1 is 1.08 bits per heavy atom. The fraction of sp³-hybridized carbons (Fsp3) is 0.500. The van der Waals surface area contributed by atoms with Crippen LogP contribution in [0.3, 0.4) is 0 Å². The molecule has 1 aliphatic rings. The van der Waals surface area contributed by atoms with Crippen molar-refractivity contribution in [2.45, 2.75) is 30.7 Å². The first-order valence-corrected chi connectivity index (χ1v) is 7.44. The molecule has 8 nitrogen and oxygen atoms in total. The monoisotopic (exact) mass is 343 g/mol. The van der Waals surface area contributed by atoms with Gasteiger partial charge in [0.1, 0.15) is 24.4 Å². The van der Waals surface area contributed by atoms with Gasteiger partial charge in [-0.3, -0.25) is 0 Å². The Hall–Kier alpha value is -1.68. The summed E-state index contributed by atoms with van der Waals surface area (Å²) < 4.78 is 16.1. The van der Waals surface area contributed by atoms with Crippen LogP contribution in [-0.2, 0) is 4.74 Å². The highest BCUT2D eigenvalue weighted by molar-refractivity contribution is 5.55. The summed E-state index contributed by atoms with van der Waals surface area (Å²) in [5.41, 5.74) is 0.766. The minimum absolute atomic E-state index is 0.0918. The number of benzene rings is 1. The lowest BCUT2D eigenvalue weighted by Gasteiger charge is -2.39. The summed E-state index contributed by atoms with van der Waals surface area (Å²) in [6.45, 7) is -0.627. The van der Waals surface area contributed by atoms with Gasteiger partial charge in [0.05, 0.1) is 20.3 Å². The van der Waals surface area contributed by atoms with Crippen LogP contribution in [0.2, 0.25) is 0 Å². The largest absolute Gasteiger partial charge is 0.493 e. The summed E-state index contributed by atoms with van der Waals surface area (Å²) in [5, 5.41) is 47.5. The van der Waals surface area contributed by atoms with E-state index in [1.807, 2.05) is 0 Å². The van der Waals surface area contributed by atoms with Crippen LogP contribution in [0.4, 0.5) is 0 Å². The van der Waals surface area contributed by atoms with E-state index in [0.29, 0.717) is 5.75 Å². The molecular weight excluding hydrogens is 321 g/mol. The number of ether oxygens (including phenoxy) is 3. The van der Waals surface area contributed by atoms with Gasteiger partial charge < -0.3 is 39.7 Å². The second-order valence-electron chi connectivity index (χ2n) is 5.31. The van der Waals surface area contributed by atoms with Crippen LogP contribution in [-0.4, -0.2) is 76.6 Å². The van der Waals surface area contributed by atoms with Crippen molar-refractivity contribution >= 4 is 6.08 Å². The molecule has 1 saturated heterocycles. The molecule has 1 heterocycles. The molecule has 0 aliphatic carbocycles. The first-order chi connectivity index (χ1) is 11.5. The first-order valence-electron chi connectivity index (χ1n) is 7.44. The van der Waals surface area contributed by atoms with Gasteiger partial charge >= 0.3 is 0 Å². The summed E-state index contributed by atoms with van der Waals surface area (Å²) in [6.07, 6.45) is -3.54. The molecule has 0 unspecified atom stereocenters. The summed E-state index contributed by atoms with van der Waals surface area (Å²) in [4.78, 5) is 0. The molecule has 1 aliphatic heterocycles. The Morgan fingerprint density at radius 3 is 2.46 bits per heavy atom. The molecular formula is C16H22O8. The number of hydrogen-bond donors (Lipinski definition) is 5. The van der Waals surface area contributed by atoms with Crippen molar-refractivity contribution in [3.05, 3.63) is 29.8 Å². The number of aliphatic hydroxyl groups is 5. The molecule has 0 saturated carbocycles. The van der Waals surface area contributed by atoms with Crippen LogP contribution in [0.5, 0.6) is 11.5 Å². The zero-order chi connectivity index (χ0) is 17.7. The lowest BCUT2D eigenvalue weighted by Crippen LogP contribution is -2.60. The maximum atomic E-state index is 10.00. The van der Waals surface area contributed by atoms with Gasteiger partial charge in [0.2, 0.25) is 6.29 Å². The van der Waals surface area contributed by atoms with Crippen LogP contribution in [0, 0.1) is 0 Å². The first kappa shape index (κ1) is 18.7. The second kappa shape index (κ2) is 8.43. The van der Waals surface area contributed by atoms with Gasteiger partial charge in [-0.15, -0.1) is 0 Å². The molecule has 8 heteroatoms. The molecule has 1 fully saturated rings. The highest BCUT2D eigenvalue weighted by Gasteiger charge is 2.44. The summed E-state index contributed by atoms with van der Waals surface area (Å²) in [6, 6.07) is 4.94. The van der Waals surface area contributed by atoms with Gasteiger partial charge in [0, 0.05) is 0 Å². The average molecular weight is 343 g/mol. The normalized spacial score (nSPS) is 30.5. The molecule has 1 aromatic rings. The van der Waals surface area contributed by atoms with Crippen molar-refractivity contribution in [1.29, 1.82) is 0 Å². The van der Waals surface area contributed by atoms with Crippen molar-refractivity contribution in [3.63, 3.8) is 0 Å². The zero-order valence-electron chi connectivity index (χ0n) is 13.1. The van der Waals surface area contributed by atoms with Gasteiger partial charge in [-0.2, -0.15) is 0 Å². The lowest BCUT2D eigenvalue weighted by molar-refractivity contribution is -0.277. The van der Waals surface area contributed by atoms with Gasteiger partial charge in [-0.25, -0.2) is 0 Å². The highest BCUT2D eigenvalue weighted by Crippen LogP contribution is 2.32. The minimum atomic E-state index is -1.52.